The number of nitrogens with zero attached hydrogens (tertiary/aromatic N) is 3. The van der Waals surface area contributed by atoms with Crippen molar-refractivity contribution in [3.05, 3.63) is 26.5 Å². The number of carboxylic acid groups (broad SMARTS) is 1. The highest BCUT2D eigenvalue weighted by molar-refractivity contribution is 7.87. The molecule has 0 unspecified atom stereocenters. The summed E-state index contributed by atoms with van der Waals surface area (Å²) in [5.41, 5.74) is -7.03. The van der Waals surface area contributed by atoms with Gasteiger partial charge in [-0.1, -0.05) is 16.8 Å². The van der Waals surface area contributed by atoms with Crippen molar-refractivity contribution in [1.29, 1.82) is 0 Å². The number of carboxylic acids is 1. The number of thiazole rings is 1. The summed E-state index contributed by atoms with van der Waals surface area (Å²) >= 11 is 7.16. The number of aromatic nitrogens is 1. The third-order valence-electron chi connectivity index (χ3n) is 4.99. The first-order valence-electron chi connectivity index (χ1n) is 9.27. The Morgan fingerprint density at radius 3 is 2.53 bits per heavy atom. The zero-order valence-corrected chi connectivity index (χ0v) is 19.6. The number of fused-ring (bicyclic) bond motifs is 1. The molecule has 1 fully saturated rings. The summed E-state index contributed by atoms with van der Waals surface area (Å²) in [6.07, 6.45) is -1.11. The third kappa shape index (κ3) is 4.61. The number of carbonyl (C=O) groups excluding carboxylic acids is 2. The van der Waals surface area contributed by atoms with E-state index in [-0.39, 0.29) is 22.2 Å². The van der Waals surface area contributed by atoms with Crippen molar-refractivity contribution in [1.82, 2.24) is 9.88 Å². The molecular weight excluding hydrogens is 531 g/mol. The van der Waals surface area contributed by atoms with Crippen LogP contribution in [0.3, 0.4) is 0 Å². The summed E-state index contributed by atoms with van der Waals surface area (Å²) in [4.78, 5) is 46.6. The van der Waals surface area contributed by atoms with Crippen molar-refractivity contribution in [2.24, 2.45) is 11.1 Å². The van der Waals surface area contributed by atoms with Gasteiger partial charge in [-0.25, -0.2) is 9.78 Å². The van der Waals surface area contributed by atoms with Crippen molar-refractivity contribution in [3.63, 3.8) is 0 Å². The van der Waals surface area contributed by atoms with Gasteiger partial charge in [-0.15, -0.1) is 11.3 Å². The first-order chi connectivity index (χ1) is 15.7. The first-order valence-corrected chi connectivity index (χ1v) is 11.9. The Bertz CT molecular complexity index is 1220. The normalized spacial score (nSPS) is 21.2. The van der Waals surface area contributed by atoms with Crippen molar-refractivity contribution in [2.75, 3.05) is 7.11 Å². The molecule has 1 N–H and O–H groups in total. The van der Waals surface area contributed by atoms with E-state index in [0.717, 1.165) is 11.3 Å². The van der Waals surface area contributed by atoms with E-state index in [1.807, 2.05) is 0 Å². The van der Waals surface area contributed by atoms with Gasteiger partial charge in [-0.3, -0.25) is 14.5 Å². The van der Waals surface area contributed by atoms with Crippen LogP contribution in [0.25, 0.3) is 0 Å². The molecule has 17 heteroatoms. The van der Waals surface area contributed by atoms with Crippen molar-refractivity contribution >= 4 is 56.4 Å². The van der Waals surface area contributed by atoms with E-state index in [1.54, 1.807) is 6.92 Å². The van der Waals surface area contributed by atoms with Gasteiger partial charge < -0.3 is 14.1 Å². The third-order valence-corrected chi connectivity index (χ3v) is 7.15. The molecule has 2 aliphatic rings. The summed E-state index contributed by atoms with van der Waals surface area (Å²) in [6, 6.07) is -0.889. The Kier molecular flexibility index (Phi) is 6.96. The van der Waals surface area contributed by atoms with Gasteiger partial charge in [0, 0.05) is 18.9 Å². The molecular formula is C17H15ClF3N3O8S2. The van der Waals surface area contributed by atoms with Crippen LogP contribution in [0.5, 0.6) is 0 Å². The molecule has 1 aromatic rings. The van der Waals surface area contributed by atoms with E-state index >= 15 is 0 Å². The lowest BCUT2D eigenvalue weighted by atomic mass is 9.77. The fourth-order valence-electron chi connectivity index (χ4n) is 3.61. The summed E-state index contributed by atoms with van der Waals surface area (Å²) in [5, 5.41) is 13.6. The summed E-state index contributed by atoms with van der Waals surface area (Å²) in [5.74, 6) is -5.51. The zero-order valence-electron chi connectivity index (χ0n) is 17.3. The number of oxime groups is 1. The summed E-state index contributed by atoms with van der Waals surface area (Å²) in [7, 11) is -4.96. The molecule has 1 amide bonds. The Morgan fingerprint density at radius 1 is 1.38 bits per heavy atom. The molecule has 2 aliphatic heterocycles. The van der Waals surface area contributed by atoms with E-state index < -0.39 is 69.5 Å². The number of hydrogen-bond acceptors (Lipinski definition) is 10. The maximum absolute atomic E-state index is 12.9. The topological polar surface area (TPSA) is 153 Å². The van der Waals surface area contributed by atoms with Gasteiger partial charge in [0.2, 0.25) is 5.91 Å². The zero-order chi connectivity index (χ0) is 25.6. The lowest BCUT2D eigenvalue weighted by Crippen LogP contribution is -2.63. The van der Waals surface area contributed by atoms with Crippen LogP contribution < -0.4 is 0 Å². The maximum Gasteiger partial charge on any atom is 0.534 e. The molecule has 11 nitrogen and oxygen atoms in total. The largest absolute Gasteiger partial charge is 0.534 e. The van der Waals surface area contributed by atoms with E-state index in [4.69, 9.17) is 11.6 Å². The Labute approximate surface area is 198 Å². The number of carbonyl (C=O) groups is 3. The SMILES string of the molecule is CO/N=C(/C(=O)C[C@@H]1C(=O)N2C(C(=O)O)=C(OS(=O)(=O)C(F)(F)F)CC[C@H]12)c1nc(C)sc1Cl. The highest BCUT2D eigenvalue weighted by atomic mass is 35.5. The van der Waals surface area contributed by atoms with Gasteiger partial charge in [-0.05, 0) is 13.3 Å². The minimum Gasteiger partial charge on any atom is -0.476 e. The van der Waals surface area contributed by atoms with E-state index in [1.165, 1.54) is 7.11 Å². The number of Topliss-reactive ketones (excluding diaryl/α,β-unsaturated/α-hetero) is 1. The van der Waals surface area contributed by atoms with Gasteiger partial charge in [-0.2, -0.15) is 21.6 Å². The smallest absolute Gasteiger partial charge is 0.476 e. The number of aliphatic carboxylic acids is 1. The molecule has 1 aromatic heterocycles. The summed E-state index contributed by atoms with van der Waals surface area (Å²) < 4.78 is 64.8. The van der Waals surface area contributed by atoms with E-state index in [9.17, 15) is 41.1 Å². The molecule has 0 radical (unpaired) electrons. The standard InChI is InChI=1S/C17H15ClF3N3O8S2/c1-6-22-12(14(18)33-6)11(23-31-2)9(25)5-7-8-3-4-10(32-34(29,30)17(19,20)21)13(16(27)28)24(8)15(7)26/h7-8H,3-5H2,1-2H3,(H,27,28)/b23-11-/t7-,8+/m0/s1. The first kappa shape index (κ1) is 25.9. The van der Waals surface area contributed by atoms with Gasteiger partial charge in [0.05, 0.1) is 10.9 Å². The van der Waals surface area contributed by atoms with Crippen molar-refractivity contribution < 1.29 is 50.1 Å². The molecule has 3 heterocycles. The molecule has 34 heavy (non-hydrogen) atoms. The molecule has 0 saturated carbocycles. The van der Waals surface area contributed by atoms with Gasteiger partial charge >= 0.3 is 21.6 Å². The second-order valence-electron chi connectivity index (χ2n) is 7.09. The van der Waals surface area contributed by atoms with Crippen LogP contribution in [0, 0.1) is 12.8 Å². The van der Waals surface area contributed by atoms with Gasteiger partial charge in [0.25, 0.3) is 0 Å². The molecule has 0 aliphatic carbocycles. The second kappa shape index (κ2) is 9.14. The highest BCUT2D eigenvalue weighted by Gasteiger charge is 2.56. The molecule has 0 bridgehead atoms. The Hall–Kier alpha value is -2.72. The number of hydrogen-bond donors (Lipinski definition) is 1. The number of aryl methyl sites for hydroxylation is 1. The molecule has 0 spiro atoms. The van der Waals surface area contributed by atoms with Crippen molar-refractivity contribution in [2.45, 2.75) is 37.7 Å². The van der Waals surface area contributed by atoms with Crippen LogP contribution in [0.2, 0.25) is 4.34 Å². The Balaban J connectivity index is 1.85. The lowest BCUT2D eigenvalue weighted by molar-refractivity contribution is -0.160. The molecule has 1 saturated heterocycles. The van der Waals surface area contributed by atoms with Gasteiger partial charge in [0.1, 0.15) is 17.1 Å². The second-order valence-corrected chi connectivity index (χ2v) is 10.4. The maximum atomic E-state index is 12.9. The number of β-lactam (4-membered cyclic amide) rings is 1. The van der Waals surface area contributed by atoms with Crippen LogP contribution in [-0.4, -0.2) is 65.4 Å². The number of alkyl halides is 3. The monoisotopic (exact) mass is 545 g/mol. The van der Waals surface area contributed by atoms with Crippen molar-refractivity contribution in [3.8, 4) is 0 Å². The summed E-state index contributed by atoms with van der Waals surface area (Å²) in [6.45, 7) is 1.64. The lowest BCUT2D eigenvalue weighted by Gasteiger charge is -2.49. The van der Waals surface area contributed by atoms with Crippen LogP contribution in [0.1, 0.15) is 30.0 Å². The fourth-order valence-corrected chi connectivity index (χ4v) is 5.23. The average molecular weight is 546 g/mol. The Morgan fingerprint density at radius 2 is 2.03 bits per heavy atom. The van der Waals surface area contributed by atoms with Crippen LogP contribution >= 0.6 is 22.9 Å². The fraction of sp³-hybridized carbons (Fsp3) is 0.471. The minimum atomic E-state index is -6.14. The van der Waals surface area contributed by atoms with Crippen LogP contribution in [-0.2, 0) is 33.5 Å². The van der Waals surface area contributed by atoms with Gasteiger partial charge in [0.15, 0.2) is 23.0 Å². The number of rotatable bonds is 8. The number of halogens is 4. The predicted octanol–water partition coefficient (Wildman–Crippen LogP) is 2.20. The van der Waals surface area contributed by atoms with Crippen LogP contribution in [0.4, 0.5) is 13.2 Å². The number of ketones is 1. The highest BCUT2D eigenvalue weighted by Crippen LogP contribution is 2.43. The van der Waals surface area contributed by atoms with E-state index in [0.29, 0.717) is 9.91 Å². The minimum absolute atomic E-state index is 0.0439. The number of amides is 1. The molecule has 2 atom stereocenters. The molecule has 3 rings (SSSR count). The average Bonchev–Trinajstić information content (AvgIpc) is 3.05. The van der Waals surface area contributed by atoms with Crippen LogP contribution in [0.15, 0.2) is 16.6 Å². The predicted molar refractivity (Wildman–Crippen MR) is 109 cm³/mol. The van der Waals surface area contributed by atoms with E-state index in [2.05, 4.69) is 19.2 Å². The number of allylic oxidation sites excluding steroid dienone is 1. The quantitative estimate of drug-likeness (QED) is 0.170. The molecule has 186 valence electrons. The molecule has 0 aromatic carbocycles.